The zero-order chi connectivity index (χ0) is 21.4. The number of rotatable bonds is 4. The van der Waals surface area contributed by atoms with Crippen LogP contribution in [0, 0.1) is 5.82 Å². The average molecular weight is 425 g/mol. The van der Waals surface area contributed by atoms with Gasteiger partial charge in [0.1, 0.15) is 5.82 Å². The fraction of sp³-hybridized carbons (Fsp3) is 0.0952. The Bertz CT molecular complexity index is 1390. The first-order valence-electron chi connectivity index (χ1n) is 8.91. The minimum Gasteiger partial charge on any atom is -0.392 e. The van der Waals surface area contributed by atoms with E-state index in [9.17, 15) is 23.9 Å². The molecule has 0 radical (unpaired) electrons. The average Bonchev–Trinajstić information content (AvgIpc) is 3.21. The van der Waals surface area contributed by atoms with Gasteiger partial charge in [0.25, 0.3) is 11.5 Å². The molecule has 0 spiro atoms. The summed E-state index contributed by atoms with van der Waals surface area (Å²) in [7, 11) is 1.51. The van der Waals surface area contributed by atoms with Crippen LogP contribution < -0.4 is 16.1 Å². The molecule has 2 aromatic heterocycles. The van der Waals surface area contributed by atoms with E-state index < -0.39 is 23.0 Å². The first-order chi connectivity index (χ1) is 14.4. The summed E-state index contributed by atoms with van der Waals surface area (Å²) >= 11 is 1.07. The standard InChI is InChI=1S/C21H16FN3O4S/c1-24(14-6-3-5-13(22)8-14)19(27)17-9-15(11-30-17)25-20(28)18-12(10-26)4-2-7-16(18)23-21(25)29/h2-9,11,26H,10H2,1H3,(H,23,29). The minimum atomic E-state index is -0.655. The number of benzene rings is 2. The van der Waals surface area contributed by atoms with E-state index in [0.717, 1.165) is 15.9 Å². The van der Waals surface area contributed by atoms with Crippen LogP contribution >= 0.6 is 11.3 Å². The number of anilines is 1. The molecule has 30 heavy (non-hydrogen) atoms. The van der Waals surface area contributed by atoms with Crippen molar-refractivity contribution in [1.82, 2.24) is 9.55 Å². The monoisotopic (exact) mass is 425 g/mol. The lowest BCUT2D eigenvalue weighted by molar-refractivity contribution is 0.0997. The quantitative estimate of drug-likeness (QED) is 0.526. The first-order valence-corrected chi connectivity index (χ1v) is 9.79. The lowest BCUT2D eigenvalue weighted by Gasteiger charge is -2.16. The number of amides is 1. The molecule has 2 heterocycles. The Kier molecular flexibility index (Phi) is 5.06. The molecule has 0 fully saturated rings. The van der Waals surface area contributed by atoms with E-state index in [1.807, 2.05) is 0 Å². The Labute approximate surface area is 173 Å². The Hall–Kier alpha value is -3.56. The predicted octanol–water partition coefficient (Wildman–Crippen LogP) is 2.65. The lowest BCUT2D eigenvalue weighted by Crippen LogP contribution is -2.34. The molecule has 0 aliphatic heterocycles. The van der Waals surface area contributed by atoms with Crippen molar-refractivity contribution in [2.45, 2.75) is 6.61 Å². The van der Waals surface area contributed by atoms with E-state index in [2.05, 4.69) is 4.98 Å². The van der Waals surface area contributed by atoms with Crippen molar-refractivity contribution in [3.05, 3.63) is 91.0 Å². The molecular weight excluding hydrogens is 409 g/mol. The predicted molar refractivity (Wildman–Crippen MR) is 113 cm³/mol. The number of aliphatic hydroxyl groups excluding tert-OH is 1. The molecule has 0 saturated heterocycles. The van der Waals surface area contributed by atoms with Crippen molar-refractivity contribution in [2.75, 3.05) is 11.9 Å². The number of nitrogens with zero attached hydrogens (tertiary/aromatic N) is 2. The summed E-state index contributed by atoms with van der Waals surface area (Å²) in [5.41, 5.74) is 0.0803. The van der Waals surface area contributed by atoms with Gasteiger partial charge in [-0.15, -0.1) is 11.3 Å². The molecule has 4 rings (SSSR count). The first kappa shape index (κ1) is 19.7. The summed E-state index contributed by atoms with van der Waals surface area (Å²) in [6.07, 6.45) is 0. The van der Waals surface area contributed by atoms with Gasteiger partial charge >= 0.3 is 5.69 Å². The molecule has 0 saturated carbocycles. The van der Waals surface area contributed by atoms with Crippen LogP contribution in [0.1, 0.15) is 15.2 Å². The summed E-state index contributed by atoms with van der Waals surface area (Å²) in [5.74, 6) is -0.869. The highest BCUT2D eigenvalue weighted by molar-refractivity contribution is 7.12. The number of aromatic amines is 1. The lowest BCUT2D eigenvalue weighted by atomic mass is 10.1. The number of fused-ring (bicyclic) bond motifs is 1. The maximum atomic E-state index is 13.5. The van der Waals surface area contributed by atoms with Crippen LogP contribution in [0.25, 0.3) is 16.6 Å². The largest absolute Gasteiger partial charge is 0.392 e. The third-order valence-electron chi connectivity index (χ3n) is 4.74. The number of carbonyl (C=O) groups excluding carboxylic acids is 1. The number of hydrogen-bond donors (Lipinski definition) is 2. The number of aromatic nitrogens is 2. The maximum absolute atomic E-state index is 13.5. The zero-order valence-corrected chi connectivity index (χ0v) is 16.6. The number of H-pyrrole nitrogens is 1. The fourth-order valence-corrected chi connectivity index (χ4v) is 4.07. The van der Waals surface area contributed by atoms with Gasteiger partial charge in [-0.1, -0.05) is 18.2 Å². The van der Waals surface area contributed by atoms with Crippen LogP contribution in [-0.4, -0.2) is 27.6 Å². The van der Waals surface area contributed by atoms with Crippen molar-refractivity contribution < 1.29 is 14.3 Å². The summed E-state index contributed by atoms with van der Waals surface area (Å²) in [4.78, 5) is 42.5. The van der Waals surface area contributed by atoms with Gasteiger partial charge in [0.15, 0.2) is 0 Å². The second-order valence-electron chi connectivity index (χ2n) is 6.58. The normalized spacial score (nSPS) is 11.0. The molecule has 0 unspecified atom stereocenters. The van der Waals surface area contributed by atoms with E-state index in [0.29, 0.717) is 16.8 Å². The molecule has 4 aromatic rings. The third kappa shape index (κ3) is 3.34. The van der Waals surface area contributed by atoms with Crippen LogP contribution in [0.5, 0.6) is 0 Å². The van der Waals surface area contributed by atoms with Crippen molar-refractivity contribution in [3.8, 4) is 5.69 Å². The van der Waals surface area contributed by atoms with Gasteiger partial charge in [0.05, 0.1) is 28.1 Å². The second kappa shape index (κ2) is 7.69. The highest BCUT2D eigenvalue weighted by Gasteiger charge is 2.19. The van der Waals surface area contributed by atoms with E-state index >= 15 is 0 Å². The molecule has 0 atom stereocenters. The number of aliphatic hydroxyl groups is 1. The number of halogens is 1. The summed E-state index contributed by atoms with van der Waals surface area (Å²) in [5, 5.41) is 11.3. The van der Waals surface area contributed by atoms with Crippen molar-refractivity contribution >= 4 is 33.8 Å². The Balaban J connectivity index is 1.77. The van der Waals surface area contributed by atoms with Crippen LogP contribution in [-0.2, 0) is 6.61 Å². The molecule has 9 heteroatoms. The SMILES string of the molecule is CN(C(=O)c1cc(-n2c(=O)[nH]c3cccc(CO)c3c2=O)cs1)c1cccc(F)c1. The van der Waals surface area contributed by atoms with Gasteiger partial charge in [-0.3, -0.25) is 9.59 Å². The van der Waals surface area contributed by atoms with Gasteiger partial charge in [0.2, 0.25) is 0 Å². The fourth-order valence-electron chi connectivity index (χ4n) is 3.22. The van der Waals surface area contributed by atoms with E-state index in [4.69, 9.17) is 0 Å². The Morgan fingerprint density at radius 3 is 2.70 bits per heavy atom. The number of thiophene rings is 1. The van der Waals surface area contributed by atoms with Gasteiger partial charge in [-0.2, -0.15) is 0 Å². The number of carbonyl (C=O) groups is 1. The topological polar surface area (TPSA) is 95.4 Å². The van der Waals surface area contributed by atoms with Crippen LogP contribution in [0.4, 0.5) is 10.1 Å². The van der Waals surface area contributed by atoms with E-state index in [1.165, 1.54) is 41.6 Å². The smallest absolute Gasteiger partial charge is 0.333 e. The van der Waals surface area contributed by atoms with Crippen LogP contribution in [0.2, 0.25) is 0 Å². The van der Waals surface area contributed by atoms with E-state index in [1.54, 1.807) is 24.3 Å². The third-order valence-corrected chi connectivity index (χ3v) is 5.64. The molecule has 1 amide bonds. The number of nitrogens with one attached hydrogen (secondary N) is 1. The summed E-state index contributed by atoms with van der Waals surface area (Å²) in [6, 6.07) is 11.9. The molecule has 152 valence electrons. The molecule has 0 aliphatic carbocycles. The number of hydrogen-bond acceptors (Lipinski definition) is 5. The van der Waals surface area contributed by atoms with Crippen LogP contribution in [0.15, 0.2) is 63.5 Å². The zero-order valence-electron chi connectivity index (χ0n) is 15.8. The van der Waals surface area contributed by atoms with Gasteiger partial charge in [0, 0.05) is 18.1 Å². The van der Waals surface area contributed by atoms with Crippen LogP contribution in [0.3, 0.4) is 0 Å². The molecular formula is C21H16FN3O4S. The molecule has 2 N–H and O–H groups in total. The minimum absolute atomic E-state index is 0.204. The second-order valence-corrected chi connectivity index (χ2v) is 7.49. The van der Waals surface area contributed by atoms with Crippen molar-refractivity contribution in [2.24, 2.45) is 0 Å². The van der Waals surface area contributed by atoms with Crippen molar-refractivity contribution in [1.29, 1.82) is 0 Å². The van der Waals surface area contributed by atoms with Crippen molar-refractivity contribution in [3.63, 3.8) is 0 Å². The highest BCUT2D eigenvalue weighted by Crippen LogP contribution is 2.22. The summed E-state index contributed by atoms with van der Waals surface area (Å²) < 4.78 is 14.4. The molecule has 0 bridgehead atoms. The summed E-state index contributed by atoms with van der Waals surface area (Å²) in [6.45, 7) is -0.357. The molecule has 2 aromatic carbocycles. The highest BCUT2D eigenvalue weighted by atomic mass is 32.1. The molecule has 0 aliphatic rings. The van der Waals surface area contributed by atoms with Gasteiger partial charge in [-0.05, 0) is 35.9 Å². The Morgan fingerprint density at radius 1 is 1.20 bits per heavy atom. The van der Waals surface area contributed by atoms with Gasteiger partial charge < -0.3 is 15.0 Å². The molecule has 7 nitrogen and oxygen atoms in total. The van der Waals surface area contributed by atoms with Gasteiger partial charge in [-0.25, -0.2) is 13.8 Å². The van der Waals surface area contributed by atoms with E-state index in [-0.39, 0.29) is 22.6 Å². The Morgan fingerprint density at radius 2 is 1.97 bits per heavy atom. The maximum Gasteiger partial charge on any atom is 0.333 e.